The summed E-state index contributed by atoms with van der Waals surface area (Å²) >= 11 is 0. The van der Waals surface area contributed by atoms with Gasteiger partial charge in [0.1, 0.15) is 5.54 Å². The molecule has 0 aromatic carbocycles. The average molecular weight is 346 g/mol. The lowest BCUT2D eigenvalue weighted by Gasteiger charge is -2.42. The van der Waals surface area contributed by atoms with Crippen LogP contribution in [0.5, 0.6) is 0 Å². The molecule has 1 heterocycles. The van der Waals surface area contributed by atoms with Crippen molar-refractivity contribution in [2.45, 2.75) is 69.9 Å². The maximum absolute atomic E-state index is 13.1. The molecule has 0 unspecified atom stereocenters. The molecule has 1 saturated heterocycles. The van der Waals surface area contributed by atoms with Crippen LogP contribution in [0, 0.1) is 0 Å². The molecule has 0 radical (unpaired) electrons. The summed E-state index contributed by atoms with van der Waals surface area (Å²) in [5, 5.41) is 0. The Bertz CT molecular complexity index is 500. The first kappa shape index (κ1) is 18.7. The average Bonchev–Trinajstić information content (AvgIpc) is 2.51. The van der Waals surface area contributed by atoms with Gasteiger partial charge in [0, 0.05) is 19.7 Å². The lowest BCUT2D eigenvalue weighted by molar-refractivity contribution is -0.143. The number of piperidine rings is 1. The summed E-state index contributed by atoms with van der Waals surface area (Å²) in [6.07, 6.45) is 8.08. The van der Waals surface area contributed by atoms with Crippen LogP contribution in [-0.4, -0.2) is 56.8 Å². The predicted molar refractivity (Wildman–Crippen MR) is 89.6 cm³/mol. The standard InChI is InChI=1S/C16H30N2O4S/c1-3-12-22-14-8-7-11-18(13-14)15(19)16(17-23(2,20)21)9-5-4-6-10-16/h14,17H,3-13H2,1-2H3/t14-/m0/s1. The van der Waals surface area contributed by atoms with E-state index in [-0.39, 0.29) is 12.0 Å². The number of sulfonamides is 1. The zero-order valence-corrected chi connectivity index (χ0v) is 15.2. The molecule has 1 saturated carbocycles. The second-order valence-electron chi connectivity index (χ2n) is 6.90. The highest BCUT2D eigenvalue weighted by Crippen LogP contribution is 2.32. The molecule has 0 aromatic heterocycles. The summed E-state index contributed by atoms with van der Waals surface area (Å²) in [5.41, 5.74) is -0.946. The van der Waals surface area contributed by atoms with Crippen molar-refractivity contribution in [1.82, 2.24) is 9.62 Å². The van der Waals surface area contributed by atoms with E-state index in [1.54, 1.807) is 0 Å². The Morgan fingerprint density at radius 1 is 1.26 bits per heavy atom. The van der Waals surface area contributed by atoms with Gasteiger partial charge in [-0.05, 0) is 32.1 Å². The van der Waals surface area contributed by atoms with Crippen molar-refractivity contribution >= 4 is 15.9 Å². The van der Waals surface area contributed by atoms with Crippen LogP contribution in [0.15, 0.2) is 0 Å². The first-order valence-electron chi connectivity index (χ1n) is 8.76. The minimum atomic E-state index is -3.42. The smallest absolute Gasteiger partial charge is 0.243 e. The van der Waals surface area contributed by atoms with Crippen LogP contribution in [0.2, 0.25) is 0 Å². The van der Waals surface area contributed by atoms with Gasteiger partial charge in [-0.2, -0.15) is 4.72 Å². The summed E-state index contributed by atoms with van der Waals surface area (Å²) in [4.78, 5) is 14.9. The van der Waals surface area contributed by atoms with Crippen LogP contribution >= 0.6 is 0 Å². The molecule has 6 nitrogen and oxygen atoms in total. The van der Waals surface area contributed by atoms with E-state index < -0.39 is 15.6 Å². The van der Waals surface area contributed by atoms with Gasteiger partial charge in [0.05, 0.1) is 12.4 Å². The number of nitrogens with one attached hydrogen (secondary N) is 1. The summed E-state index contributed by atoms with van der Waals surface area (Å²) < 4.78 is 32.1. The molecule has 1 N–H and O–H groups in total. The highest BCUT2D eigenvalue weighted by molar-refractivity contribution is 7.88. The lowest BCUT2D eigenvalue weighted by atomic mass is 9.81. The molecule has 0 spiro atoms. The van der Waals surface area contributed by atoms with Crippen LogP contribution in [0.3, 0.4) is 0 Å². The van der Waals surface area contributed by atoms with Gasteiger partial charge < -0.3 is 9.64 Å². The van der Waals surface area contributed by atoms with E-state index in [1.165, 1.54) is 0 Å². The Balaban J connectivity index is 2.10. The maximum atomic E-state index is 13.1. The number of likely N-dealkylation sites (tertiary alicyclic amines) is 1. The van der Waals surface area contributed by atoms with Gasteiger partial charge >= 0.3 is 0 Å². The molecule has 0 bridgehead atoms. The van der Waals surface area contributed by atoms with Crippen LogP contribution in [0.1, 0.15) is 58.3 Å². The lowest BCUT2D eigenvalue weighted by Crippen LogP contribution is -2.62. The largest absolute Gasteiger partial charge is 0.376 e. The van der Waals surface area contributed by atoms with Crippen molar-refractivity contribution in [3.05, 3.63) is 0 Å². The Kier molecular flexibility index (Phi) is 6.45. The molecule has 23 heavy (non-hydrogen) atoms. The maximum Gasteiger partial charge on any atom is 0.243 e. The minimum Gasteiger partial charge on any atom is -0.376 e. The molecule has 1 amide bonds. The molecule has 2 aliphatic rings. The van der Waals surface area contributed by atoms with Crippen molar-refractivity contribution in [3.8, 4) is 0 Å². The van der Waals surface area contributed by atoms with E-state index >= 15 is 0 Å². The second-order valence-corrected chi connectivity index (χ2v) is 8.65. The fraction of sp³-hybridized carbons (Fsp3) is 0.938. The molecule has 7 heteroatoms. The van der Waals surface area contributed by atoms with Crippen molar-refractivity contribution in [1.29, 1.82) is 0 Å². The van der Waals surface area contributed by atoms with Crippen molar-refractivity contribution in [3.63, 3.8) is 0 Å². The summed E-state index contributed by atoms with van der Waals surface area (Å²) in [6.45, 7) is 4.04. The third-order valence-electron chi connectivity index (χ3n) is 4.72. The summed E-state index contributed by atoms with van der Waals surface area (Å²) in [5.74, 6) is -0.0626. The number of hydrogen-bond donors (Lipinski definition) is 1. The van der Waals surface area contributed by atoms with E-state index in [1.807, 2.05) is 4.90 Å². The van der Waals surface area contributed by atoms with E-state index in [0.29, 0.717) is 32.5 Å². The van der Waals surface area contributed by atoms with E-state index in [2.05, 4.69) is 11.6 Å². The highest BCUT2D eigenvalue weighted by Gasteiger charge is 2.45. The Labute approximate surface area is 140 Å². The van der Waals surface area contributed by atoms with Crippen molar-refractivity contribution < 1.29 is 17.9 Å². The van der Waals surface area contributed by atoms with Gasteiger partial charge in [-0.3, -0.25) is 4.79 Å². The molecule has 2 rings (SSSR count). The molecule has 2 fully saturated rings. The van der Waals surface area contributed by atoms with Gasteiger partial charge in [-0.25, -0.2) is 8.42 Å². The minimum absolute atomic E-state index is 0.0626. The molecule has 1 aliphatic carbocycles. The van der Waals surface area contributed by atoms with Gasteiger partial charge in [-0.15, -0.1) is 0 Å². The number of carbonyl (C=O) groups is 1. The quantitative estimate of drug-likeness (QED) is 0.793. The van der Waals surface area contributed by atoms with Crippen molar-refractivity contribution in [2.75, 3.05) is 26.0 Å². The third-order valence-corrected chi connectivity index (χ3v) is 5.48. The predicted octanol–water partition coefficient (Wildman–Crippen LogP) is 1.66. The van der Waals surface area contributed by atoms with Crippen LogP contribution < -0.4 is 4.72 Å². The van der Waals surface area contributed by atoms with Crippen LogP contribution in [0.4, 0.5) is 0 Å². The van der Waals surface area contributed by atoms with Gasteiger partial charge in [-0.1, -0.05) is 26.2 Å². The first-order valence-corrected chi connectivity index (χ1v) is 10.7. The molecule has 134 valence electrons. The molecule has 1 aliphatic heterocycles. The van der Waals surface area contributed by atoms with Gasteiger partial charge in [0.2, 0.25) is 15.9 Å². The normalized spacial score (nSPS) is 25.3. The molecular formula is C16H30N2O4S. The van der Waals surface area contributed by atoms with Crippen molar-refractivity contribution in [2.24, 2.45) is 0 Å². The SMILES string of the molecule is CCCO[C@H]1CCCN(C(=O)C2(NS(C)(=O)=O)CCCCC2)C1. The Hall–Kier alpha value is -0.660. The molecule has 1 atom stereocenters. The van der Waals surface area contributed by atoms with Crippen LogP contribution in [0.25, 0.3) is 0 Å². The van der Waals surface area contributed by atoms with E-state index in [4.69, 9.17) is 4.74 Å². The zero-order valence-electron chi connectivity index (χ0n) is 14.3. The number of carbonyl (C=O) groups excluding carboxylic acids is 1. The highest BCUT2D eigenvalue weighted by atomic mass is 32.2. The fourth-order valence-corrected chi connectivity index (χ4v) is 4.72. The molecule has 0 aromatic rings. The first-order chi connectivity index (χ1) is 10.9. The van der Waals surface area contributed by atoms with E-state index in [9.17, 15) is 13.2 Å². The zero-order chi connectivity index (χ0) is 16.9. The summed E-state index contributed by atoms with van der Waals surface area (Å²) in [6, 6.07) is 0. The summed E-state index contributed by atoms with van der Waals surface area (Å²) in [7, 11) is -3.42. The fourth-order valence-electron chi connectivity index (χ4n) is 3.72. The number of rotatable bonds is 6. The number of amides is 1. The monoisotopic (exact) mass is 346 g/mol. The van der Waals surface area contributed by atoms with Crippen LogP contribution in [-0.2, 0) is 19.6 Å². The number of ether oxygens (including phenoxy) is 1. The van der Waals surface area contributed by atoms with Gasteiger partial charge in [0.15, 0.2) is 0 Å². The molecular weight excluding hydrogens is 316 g/mol. The number of nitrogens with zero attached hydrogens (tertiary/aromatic N) is 1. The van der Waals surface area contributed by atoms with Gasteiger partial charge in [0.25, 0.3) is 0 Å². The Morgan fingerprint density at radius 2 is 1.96 bits per heavy atom. The topological polar surface area (TPSA) is 75.7 Å². The van der Waals surface area contributed by atoms with E-state index in [0.717, 1.165) is 44.8 Å². The number of hydrogen-bond acceptors (Lipinski definition) is 4. The Morgan fingerprint density at radius 3 is 2.57 bits per heavy atom. The third kappa shape index (κ3) is 5.16. The second kappa shape index (κ2) is 7.94.